The molecule has 138 valence electrons. The Balaban J connectivity index is 2.14. The molecule has 0 saturated heterocycles. The Morgan fingerprint density at radius 3 is 2.42 bits per heavy atom. The first-order valence-corrected chi connectivity index (χ1v) is 7.72. The number of carbonyl (C=O) groups excluding carboxylic acids is 3. The molecule has 1 heterocycles. The van der Waals surface area contributed by atoms with Crippen molar-refractivity contribution in [3.05, 3.63) is 51.2 Å². The van der Waals surface area contributed by atoms with E-state index in [9.17, 15) is 24.5 Å². The van der Waals surface area contributed by atoms with Crippen LogP contribution < -0.4 is 10.6 Å². The molecule has 1 aromatic rings. The number of hydrogen-bond acceptors (Lipinski definition) is 7. The van der Waals surface area contributed by atoms with Crippen LogP contribution in [0.1, 0.15) is 24.2 Å². The fraction of sp³-hybridized carbons (Fsp3) is 0.312. The number of amides is 2. The van der Waals surface area contributed by atoms with Crippen LogP contribution in [-0.2, 0) is 14.3 Å². The Morgan fingerprint density at radius 2 is 1.85 bits per heavy atom. The lowest BCUT2D eigenvalue weighted by molar-refractivity contribution is -0.384. The van der Waals surface area contributed by atoms with Crippen LogP contribution in [-0.4, -0.2) is 42.1 Å². The summed E-state index contributed by atoms with van der Waals surface area (Å²) >= 11 is 0. The summed E-state index contributed by atoms with van der Waals surface area (Å²) in [6.07, 6.45) is 0. The lowest BCUT2D eigenvalue weighted by Crippen LogP contribution is -2.50. The van der Waals surface area contributed by atoms with Crippen molar-refractivity contribution in [1.29, 1.82) is 0 Å². The van der Waals surface area contributed by atoms with Gasteiger partial charge >= 0.3 is 18.0 Å². The van der Waals surface area contributed by atoms with Crippen LogP contribution in [0.25, 0.3) is 0 Å². The van der Waals surface area contributed by atoms with Crippen molar-refractivity contribution >= 4 is 23.7 Å². The van der Waals surface area contributed by atoms with E-state index in [-0.39, 0.29) is 35.7 Å². The molecule has 1 atom stereocenters. The number of benzene rings is 1. The minimum Gasteiger partial charge on any atom is -0.463 e. The molecule has 0 spiro atoms. The van der Waals surface area contributed by atoms with E-state index in [2.05, 4.69) is 10.6 Å². The summed E-state index contributed by atoms with van der Waals surface area (Å²) in [4.78, 5) is 45.8. The molecule has 0 bridgehead atoms. The number of nitro groups is 1. The third kappa shape index (κ3) is 4.35. The molecular formula is C16H17N3O7. The molecular weight excluding hydrogens is 346 g/mol. The molecule has 1 aliphatic heterocycles. The number of hydrogen-bond donors (Lipinski definition) is 2. The number of carbonyl (C=O) groups is 3. The average molecular weight is 363 g/mol. The summed E-state index contributed by atoms with van der Waals surface area (Å²) in [5.74, 6) is -1.38. The highest BCUT2D eigenvalue weighted by molar-refractivity contribution is 5.95. The summed E-state index contributed by atoms with van der Waals surface area (Å²) in [5.41, 5.74) is 0.216. The van der Waals surface area contributed by atoms with E-state index in [0.717, 1.165) is 0 Å². The molecule has 10 nitrogen and oxygen atoms in total. The second kappa shape index (κ2) is 8.10. The van der Waals surface area contributed by atoms with Gasteiger partial charge < -0.3 is 20.1 Å². The number of ether oxygens (including phenoxy) is 2. The lowest BCUT2D eigenvalue weighted by Gasteiger charge is -2.26. The zero-order chi connectivity index (χ0) is 19.3. The number of esters is 2. The molecule has 2 amide bonds. The van der Waals surface area contributed by atoms with Gasteiger partial charge in [-0.2, -0.15) is 0 Å². The van der Waals surface area contributed by atoms with Crippen molar-refractivity contribution in [2.75, 3.05) is 13.2 Å². The molecule has 0 saturated carbocycles. The number of rotatable bonds is 6. The van der Waals surface area contributed by atoms with E-state index in [1.165, 1.54) is 24.3 Å². The summed E-state index contributed by atoms with van der Waals surface area (Å²) < 4.78 is 10.1. The first kappa shape index (κ1) is 18.9. The number of non-ortho nitro benzene ring substituents is 1. The van der Waals surface area contributed by atoms with Crippen LogP contribution in [0.15, 0.2) is 35.5 Å². The monoisotopic (exact) mass is 363 g/mol. The zero-order valence-corrected chi connectivity index (χ0v) is 14.1. The van der Waals surface area contributed by atoms with Crippen LogP contribution in [0.2, 0.25) is 0 Å². The predicted molar refractivity (Wildman–Crippen MR) is 88.2 cm³/mol. The van der Waals surface area contributed by atoms with Crippen molar-refractivity contribution in [3.63, 3.8) is 0 Å². The Bertz CT molecular complexity index is 771. The van der Waals surface area contributed by atoms with Gasteiger partial charge in [-0.1, -0.05) is 0 Å². The van der Waals surface area contributed by atoms with Crippen LogP contribution >= 0.6 is 0 Å². The van der Waals surface area contributed by atoms with Gasteiger partial charge in [0, 0.05) is 12.1 Å². The standard InChI is InChI=1S/C16H17N3O7/c1-3-25-15(21)13-9(2)17-16(22)18-12(13)8-26-14(20)10-4-6-11(7-5-10)19(23)24/h4-7,9H,3,8H2,1-2H3,(H2,17,18,22)/t9-/m0/s1. The van der Waals surface area contributed by atoms with Gasteiger partial charge in [0.05, 0.1) is 34.4 Å². The molecule has 1 aliphatic rings. The van der Waals surface area contributed by atoms with Crippen molar-refractivity contribution < 1.29 is 28.8 Å². The molecule has 2 rings (SSSR count). The maximum absolute atomic E-state index is 12.1. The van der Waals surface area contributed by atoms with E-state index in [0.29, 0.717) is 0 Å². The van der Waals surface area contributed by atoms with E-state index in [4.69, 9.17) is 9.47 Å². The highest BCUT2D eigenvalue weighted by atomic mass is 16.6. The molecule has 0 aromatic heterocycles. The highest BCUT2D eigenvalue weighted by Crippen LogP contribution is 2.16. The number of urea groups is 1. The molecule has 0 fully saturated rings. The van der Waals surface area contributed by atoms with E-state index in [1.807, 2.05) is 0 Å². The molecule has 2 N–H and O–H groups in total. The lowest BCUT2D eigenvalue weighted by atomic mass is 10.0. The van der Waals surface area contributed by atoms with Gasteiger partial charge in [0.25, 0.3) is 5.69 Å². The van der Waals surface area contributed by atoms with Crippen LogP contribution in [0.4, 0.5) is 10.5 Å². The first-order chi connectivity index (χ1) is 12.3. The third-order valence-electron chi connectivity index (χ3n) is 3.53. The second-order valence-corrected chi connectivity index (χ2v) is 5.31. The summed E-state index contributed by atoms with van der Waals surface area (Å²) in [6, 6.07) is 3.71. The minimum atomic E-state index is -0.754. The fourth-order valence-corrected chi connectivity index (χ4v) is 2.33. The summed E-state index contributed by atoms with van der Waals surface area (Å²) in [7, 11) is 0. The highest BCUT2D eigenvalue weighted by Gasteiger charge is 2.30. The maximum Gasteiger partial charge on any atom is 0.338 e. The summed E-state index contributed by atoms with van der Waals surface area (Å²) in [6.45, 7) is 3.04. The van der Waals surface area contributed by atoms with E-state index in [1.54, 1.807) is 13.8 Å². The Morgan fingerprint density at radius 1 is 1.19 bits per heavy atom. The van der Waals surface area contributed by atoms with Gasteiger partial charge in [-0.15, -0.1) is 0 Å². The van der Waals surface area contributed by atoms with Gasteiger partial charge in [0.1, 0.15) is 6.61 Å². The SMILES string of the molecule is CCOC(=O)C1=C(COC(=O)c2ccc([N+](=O)[O-])cc2)NC(=O)N[C@H]1C. The molecule has 1 aromatic carbocycles. The Kier molecular flexibility index (Phi) is 5.89. The third-order valence-corrected chi connectivity index (χ3v) is 3.53. The van der Waals surface area contributed by atoms with Crippen LogP contribution in [0, 0.1) is 10.1 Å². The predicted octanol–water partition coefficient (Wildman–Crippen LogP) is 1.27. The number of nitrogens with one attached hydrogen (secondary N) is 2. The normalized spacial score (nSPS) is 16.4. The van der Waals surface area contributed by atoms with Gasteiger partial charge in [0.15, 0.2) is 0 Å². The largest absolute Gasteiger partial charge is 0.463 e. The topological polar surface area (TPSA) is 137 Å². The van der Waals surface area contributed by atoms with Gasteiger partial charge in [-0.05, 0) is 26.0 Å². The first-order valence-electron chi connectivity index (χ1n) is 7.72. The molecule has 0 aliphatic carbocycles. The average Bonchev–Trinajstić information content (AvgIpc) is 2.59. The zero-order valence-electron chi connectivity index (χ0n) is 14.1. The fourth-order valence-electron chi connectivity index (χ4n) is 2.33. The number of nitro benzene ring substituents is 1. The van der Waals surface area contributed by atoms with Crippen molar-refractivity contribution in [2.24, 2.45) is 0 Å². The molecule has 0 radical (unpaired) electrons. The Labute approximate surface area is 148 Å². The number of nitrogens with zero attached hydrogens (tertiary/aromatic N) is 1. The van der Waals surface area contributed by atoms with Crippen molar-refractivity contribution in [2.45, 2.75) is 19.9 Å². The van der Waals surface area contributed by atoms with Gasteiger partial charge in [-0.3, -0.25) is 10.1 Å². The maximum atomic E-state index is 12.1. The van der Waals surface area contributed by atoms with Crippen molar-refractivity contribution in [3.8, 4) is 0 Å². The smallest absolute Gasteiger partial charge is 0.338 e. The van der Waals surface area contributed by atoms with E-state index < -0.39 is 28.9 Å². The van der Waals surface area contributed by atoms with Crippen LogP contribution in [0.5, 0.6) is 0 Å². The molecule has 26 heavy (non-hydrogen) atoms. The van der Waals surface area contributed by atoms with Gasteiger partial charge in [0.2, 0.25) is 0 Å². The second-order valence-electron chi connectivity index (χ2n) is 5.31. The minimum absolute atomic E-state index is 0.0993. The summed E-state index contributed by atoms with van der Waals surface area (Å²) in [5, 5.41) is 15.6. The van der Waals surface area contributed by atoms with Gasteiger partial charge in [-0.25, -0.2) is 14.4 Å². The Hall–Kier alpha value is -3.43. The van der Waals surface area contributed by atoms with Crippen molar-refractivity contribution in [1.82, 2.24) is 10.6 Å². The van der Waals surface area contributed by atoms with E-state index >= 15 is 0 Å². The van der Waals surface area contributed by atoms with Crippen LogP contribution in [0.3, 0.4) is 0 Å². The molecule has 0 unspecified atom stereocenters. The molecule has 10 heteroatoms. The quantitative estimate of drug-likeness (QED) is 0.441.